The lowest BCUT2D eigenvalue weighted by molar-refractivity contribution is 0.317. The number of ether oxygens (including phenoxy) is 1. The smallest absolute Gasteiger partial charge is 0.119 e. The summed E-state index contributed by atoms with van der Waals surface area (Å²) in [5.74, 6) is 0.907. The van der Waals surface area contributed by atoms with Crippen LogP contribution >= 0.6 is 27.5 Å². The molecule has 0 aliphatic heterocycles. The van der Waals surface area contributed by atoms with Crippen molar-refractivity contribution in [3.63, 3.8) is 0 Å². The Labute approximate surface area is 139 Å². The predicted molar refractivity (Wildman–Crippen MR) is 92.3 cm³/mol. The number of rotatable bonds is 6. The van der Waals surface area contributed by atoms with E-state index >= 15 is 0 Å². The lowest BCUT2D eigenvalue weighted by atomic mass is 9.99. The van der Waals surface area contributed by atoms with E-state index in [9.17, 15) is 0 Å². The van der Waals surface area contributed by atoms with Gasteiger partial charge in [0.2, 0.25) is 0 Å². The minimum absolute atomic E-state index is 0.107. The van der Waals surface area contributed by atoms with Crippen LogP contribution in [-0.4, -0.2) is 13.7 Å². The zero-order chi connectivity index (χ0) is 15.2. The minimum atomic E-state index is 0.107. The van der Waals surface area contributed by atoms with Crippen LogP contribution in [0.4, 0.5) is 0 Å². The molecule has 0 aromatic heterocycles. The molecule has 1 N–H and O–H groups in total. The van der Waals surface area contributed by atoms with E-state index in [-0.39, 0.29) is 6.04 Å². The van der Waals surface area contributed by atoms with Gasteiger partial charge in [0, 0.05) is 4.47 Å². The third-order valence-corrected chi connectivity index (χ3v) is 4.48. The van der Waals surface area contributed by atoms with Crippen molar-refractivity contribution in [2.24, 2.45) is 0 Å². The number of hydrogen-bond acceptors (Lipinski definition) is 2. The fourth-order valence-electron chi connectivity index (χ4n) is 2.19. The molecule has 0 heterocycles. The van der Waals surface area contributed by atoms with Crippen LogP contribution in [0.1, 0.15) is 30.5 Å². The fraction of sp³-hybridized carbons (Fsp3) is 0.294. The maximum atomic E-state index is 6.19. The second kappa shape index (κ2) is 7.83. The second-order valence-electron chi connectivity index (χ2n) is 4.81. The molecule has 2 aromatic carbocycles. The van der Waals surface area contributed by atoms with Crippen LogP contribution in [0.3, 0.4) is 0 Å². The zero-order valence-corrected chi connectivity index (χ0v) is 14.5. The highest BCUT2D eigenvalue weighted by atomic mass is 79.9. The van der Waals surface area contributed by atoms with Gasteiger partial charge in [0.15, 0.2) is 0 Å². The summed E-state index contributed by atoms with van der Waals surface area (Å²) in [6.07, 6.45) is 1.01. The standard InChI is InChI=1S/C17H19BrClNO/c1-3-10-21-14-7-4-12(5-8-14)17(20-2)13-6-9-15(18)16(19)11-13/h4-9,11,17,20H,3,10H2,1-2H3. The molecule has 1 unspecified atom stereocenters. The molecule has 2 aromatic rings. The van der Waals surface area contributed by atoms with Gasteiger partial charge in [0.05, 0.1) is 17.7 Å². The van der Waals surface area contributed by atoms with Gasteiger partial charge in [-0.15, -0.1) is 0 Å². The highest BCUT2D eigenvalue weighted by molar-refractivity contribution is 9.10. The summed E-state index contributed by atoms with van der Waals surface area (Å²) in [4.78, 5) is 0. The van der Waals surface area contributed by atoms with Crippen molar-refractivity contribution in [1.29, 1.82) is 0 Å². The van der Waals surface area contributed by atoms with Crippen molar-refractivity contribution in [3.05, 3.63) is 63.1 Å². The molecule has 0 aliphatic carbocycles. The lowest BCUT2D eigenvalue weighted by Gasteiger charge is -2.18. The van der Waals surface area contributed by atoms with Crippen molar-refractivity contribution in [2.45, 2.75) is 19.4 Å². The highest BCUT2D eigenvalue weighted by Crippen LogP contribution is 2.29. The quantitative estimate of drug-likeness (QED) is 0.756. The molecule has 0 spiro atoms. The Morgan fingerprint density at radius 2 is 1.81 bits per heavy atom. The summed E-state index contributed by atoms with van der Waals surface area (Å²) >= 11 is 9.61. The van der Waals surface area contributed by atoms with E-state index in [0.717, 1.165) is 33.8 Å². The predicted octanol–water partition coefficient (Wildman–Crippen LogP) is 5.20. The summed E-state index contributed by atoms with van der Waals surface area (Å²) in [7, 11) is 1.95. The van der Waals surface area contributed by atoms with Crippen LogP contribution in [0.5, 0.6) is 5.75 Å². The van der Waals surface area contributed by atoms with E-state index in [1.807, 2.05) is 31.3 Å². The molecule has 0 aliphatic rings. The molecule has 1 atom stereocenters. The van der Waals surface area contributed by atoms with Crippen molar-refractivity contribution in [1.82, 2.24) is 5.32 Å². The van der Waals surface area contributed by atoms with Crippen LogP contribution in [0.15, 0.2) is 46.9 Å². The topological polar surface area (TPSA) is 21.3 Å². The SMILES string of the molecule is CCCOc1ccc(C(NC)c2ccc(Br)c(Cl)c2)cc1. The molecule has 0 radical (unpaired) electrons. The van der Waals surface area contributed by atoms with E-state index in [2.05, 4.69) is 46.4 Å². The lowest BCUT2D eigenvalue weighted by Crippen LogP contribution is -2.17. The third kappa shape index (κ3) is 4.22. The van der Waals surface area contributed by atoms with Crippen LogP contribution in [-0.2, 0) is 0 Å². The highest BCUT2D eigenvalue weighted by Gasteiger charge is 2.13. The molecule has 2 rings (SSSR count). The van der Waals surface area contributed by atoms with Crippen LogP contribution in [0.2, 0.25) is 5.02 Å². The van der Waals surface area contributed by atoms with Gasteiger partial charge < -0.3 is 10.1 Å². The van der Waals surface area contributed by atoms with Crippen molar-refractivity contribution >= 4 is 27.5 Å². The Kier molecular flexibility index (Phi) is 6.09. The normalized spacial score (nSPS) is 12.2. The number of benzene rings is 2. The Morgan fingerprint density at radius 3 is 2.38 bits per heavy atom. The number of halogens is 2. The Bertz CT molecular complexity index is 586. The summed E-state index contributed by atoms with van der Waals surface area (Å²) in [6, 6.07) is 14.3. The molecule has 4 heteroatoms. The molecule has 112 valence electrons. The summed E-state index contributed by atoms with van der Waals surface area (Å²) < 4.78 is 6.52. The Balaban J connectivity index is 2.22. The van der Waals surface area contributed by atoms with Gasteiger partial charge in [-0.25, -0.2) is 0 Å². The summed E-state index contributed by atoms with van der Waals surface area (Å²) in [6.45, 7) is 2.85. The van der Waals surface area contributed by atoms with Crippen molar-refractivity contribution in [3.8, 4) is 5.75 Å². The van der Waals surface area contributed by atoms with Gasteiger partial charge in [0.1, 0.15) is 5.75 Å². The van der Waals surface area contributed by atoms with Gasteiger partial charge in [0.25, 0.3) is 0 Å². The van der Waals surface area contributed by atoms with E-state index in [1.165, 1.54) is 5.56 Å². The minimum Gasteiger partial charge on any atom is -0.494 e. The molecule has 0 bridgehead atoms. The number of hydrogen-bond donors (Lipinski definition) is 1. The zero-order valence-electron chi connectivity index (χ0n) is 12.2. The second-order valence-corrected chi connectivity index (χ2v) is 6.07. The first kappa shape index (κ1) is 16.3. The first-order valence-corrected chi connectivity index (χ1v) is 8.17. The van der Waals surface area contributed by atoms with Gasteiger partial charge in [-0.1, -0.05) is 36.7 Å². The van der Waals surface area contributed by atoms with Gasteiger partial charge in [-0.3, -0.25) is 0 Å². The Hall–Kier alpha value is -1.03. The van der Waals surface area contributed by atoms with Crippen molar-refractivity contribution < 1.29 is 4.74 Å². The van der Waals surface area contributed by atoms with Gasteiger partial charge >= 0.3 is 0 Å². The first-order valence-electron chi connectivity index (χ1n) is 7.00. The Morgan fingerprint density at radius 1 is 1.14 bits per heavy atom. The van der Waals surface area contributed by atoms with E-state index in [0.29, 0.717) is 0 Å². The molecule has 21 heavy (non-hydrogen) atoms. The number of nitrogens with one attached hydrogen (secondary N) is 1. The van der Waals surface area contributed by atoms with Crippen LogP contribution < -0.4 is 10.1 Å². The first-order chi connectivity index (χ1) is 10.2. The van der Waals surface area contributed by atoms with Crippen LogP contribution in [0, 0.1) is 0 Å². The van der Waals surface area contributed by atoms with E-state index < -0.39 is 0 Å². The monoisotopic (exact) mass is 367 g/mol. The summed E-state index contributed by atoms with van der Waals surface area (Å²) in [5, 5.41) is 4.05. The van der Waals surface area contributed by atoms with E-state index in [1.54, 1.807) is 0 Å². The molecule has 0 fully saturated rings. The molecule has 0 saturated heterocycles. The van der Waals surface area contributed by atoms with Crippen molar-refractivity contribution in [2.75, 3.05) is 13.7 Å². The van der Waals surface area contributed by atoms with E-state index in [4.69, 9.17) is 16.3 Å². The third-order valence-electron chi connectivity index (χ3n) is 3.25. The molecule has 0 amide bonds. The fourth-order valence-corrected chi connectivity index (χ4v) is 2.63. The maximum Gasteiger partial charge on any atom is 0.119 e. The molecule has 0 saturated carbocycles. The largest absolute Gasteiger partial charge is 0.494 e. The average molecular weight is 369 g/mol. The summed E-state index contributed by atoms with van der Waals surface area (Å²) in [5.41, 5.74) is 2.31. The molecule has 2 nitrogen and oxygen atoms in total. The molecular formula is C17H19BrClNO. The van der Waals surface area contributed by atoms with Gasteiger partial charge in [-0.05, 0) is 64.8 Å². The average Bonchev–Trinajstić information content (AvgIpc) is 2.50. The van der Waals surface area contributed by atoms with Crippen LogP contribution in [0.25, 0.3) is 0 Å². The molecular weight excluding hydrogens is 350 g/mol. The maximum absolute atomic E-state index is 6.19. The van der Waals surface area contributed by atoms with Gasteiger partial charge in [-0.2, -0.15) is 0 Å².